The highest BCUT2D eigenvalue weighted by Crippen LogP contribution is 2.21. The molecule has 1 aromatic rings. The molecule has 1 aromatic carbocycles. The van der Waals surface area contributed by atoms with Gasteiger partial charge in [-0.2, -0.15) is 0 Å². The summed E-state index contributed by atoms with van der Waals surface area (Å²) < 4.78 is 5.24. The van der Waals surface area contributed by atoms with Crippen molar-refractivity contribution in [1.82, 2.24) is 5.32 Å². The van der Waals surface area contributed by atoms with Crippen molar-refractivity contribution in [2.24, 2.45) is 10.9 Å². The largest absolute Gasteiger partial charge is 0.496 e. The van der Waals surface area contributed by atoms with E-state index in [1.165, 1.54) is 38.5 Å². The molecule has 0 saturated heterocycles. The first kappa shape index (κ1) is 15.6. The first-order chi connectivity index (χ1) is 10.2. The predicted molar refractivity (Wildman–Crippen MR) is 83.8 cm³/mol. The van der Waals surface area contributed by atoms with E-state index in [0.29, 0.717) is 17.4 Å². The van der Waals surface area contributed by atoms with Gasteiger partial charge >= 0.3 is 0 Å². The second kappa shape index (κ2) is 7.88. The lowest BCUT2D eigenvalue weighted by atomic mass is 10.1. The zero-order valence-corrected chi connectivity index (χ0v) is 12.6. The SMILES string of the molecule is COc1ccc(CNC2CCCCCC2)cc1C(N)=NO. The van der Waals surface area contributed by atoms with E-state index in [0.717, 1.165) is 12.1 Å². The van der Waals surface area contributed by atoms with Gasteiger partial charge in [0.25, 0.3) is 0 Å². The molecule has 0 unspecified atom stereocenters. The van der Waals surface area contributed by atoms with E-state index in [2.05, 4.69) is 10.5 Å². The normalized spacial score (nSPS) is 17.5. The van der Waals surface area contributed by atoms with Crippen molar-refractivity contribution in [2.45, 2.75) is 51.1 Å². The Bertz CT molecular complexity index is 480. The fourth-order valence-corrected chi connectivity index (χ4v) is 2.86. The van der Waals surface area contributed by atoms with Crippen molar-refractivity contribution in [1.29, 1.82) is 0 Å². The van der Waals surface area contributed by atoms with Gasteiger partial charge in [0.05, 0.1) is 12.7 Å². The highest BCUT2D eigenvalue weighted by atomic mass is 16.5. The van der Waals surface area contributed by atoms with Crippen LogP contribution in [0.3, 0.4) is 0 Å². The van der Waals surface area contributed by atoms with E-state index < -0.39 is 0 Å². The monoisotopic (exact) mass is 291 g/mol. The van der Waals surface area contributed by atoms with Crippen molar-refractivity contribution in [3.05, 3.63) is 29.3 Å². The molecule has 0 atom stereocenters. The van der Waals surface area contributed by atoms with E-state index in [-0.39, 0.29) is 5.84 Å². The van der Waals surface area contributed by atoms with Crippen LogP contribution in [0.15, 0.2) is 23.4 Å². The lowest BCUT2D eigenvalue weighted by Gasteiger charge is -2.17. The van der Waals surface area contributed by atoms with Crippen LogP contribution in [0.25, 0.3) is 0 Å². The molecule has 0 spiro atoms. The zero-order chi connectivity index (χ0) is 15.1. The van der Waals surface area contributed by atoms with Gasteiger partial charge in [-0.1, -0.05) is 36.9 Å². The standard InChI is InChI=1S/C16H25N3O2/c1-21-15-9-8-12(10-14(15)16(17)19-20)11-18-13-6-4-2-3-5-7-13/h8-10,13,18,20H,2-7,11H2,1H3,(H2,17,19). The molecule has 1 aliphatic rings. The van der Waals surface area contributed by atoms with Crippen LogP contribution in [0.5, 0.6) is 5.75 Å². The smallest absolute Gasteiger partial charge is 0.173 e. The van der Waals surface area contributed by atoms with Gasteiger partial charge in [0.15, 0.2) is 5.84 Å². The molecule has 0 radical (unpaired) electrons. The average molecular weight is 291 g/mol. The number of hydrogen-bond donors (Lipinski definition) is 3. The lowest BCUT2D eigenvalue weighted by molar-refractivity contribution is 0.318. The molecule has 5 nitrogen and oxygen atoms in total. The highest BCUT2D eigenvalue weighted by Gasteiger charge is 2.13. The summed E-state index contributed by atoms with van der Waals surface area (Å²) in [5, 5.41) is 15.5. The van der Waals surface area contributed by atoms with Gasteiger partial charge in [0.2, 0.25) is 0 Å². The summed E-state index contributed by atoms with van der Waals surface area (Å²) in [7, 11) is 1.58. The fraction of sp³-hybridized carbons (Fsp3) is 0.562. The second-order valence-electron chi connectivity index (χ2n) is 5.59. The maximum atomic E-state index is 8.86. The van der Waals surface area contributed by atoms with E-state index >= 15 is 0 Å². The Labute approximate surface area is 126 Å². The molecule has 1 fully saturated rings. The lowest BCUT2D eigenvalue weighted by Crippen LogP contribution is -2.28. The number of oxime groups is 1. The maximum Gasteiger partial charge on any atom is 0.173 e. The molecule has 0 aromatic heterocycles. The van der Waals surface area contributed by atoms with Crippen LogP contribution in [-0.4, -0.2) is 24.2 Å². The van der Waals surface area contributed by atoms with Crippen molar-refractivity contribution >= 4 is 5.84 Å². The number of nitrogens with two attached hydrogens (primary N) is 1. The van der Waals surface area contributed by atoms with Crippen LogP contribution in [0, 0.1) is 0 Å². The third-order valence-electron chi connectivity index (χ3n) is 4.10. The number of rotatable bonds is 5. The minimum Gasteiger partial charge on any atom is -0.496 e. The third kappa shape index (κ3) is 4.36. The summed E-state index contributed by atoms with van der Waals surface area (Å²) in [6.45, 7) is 0.792. The molecule has 0 bridgehead atoms. The Hall–Kier alpha value is -1.75. The minimum atomic E-state index is 0.0724. The molecule has 0 aliphatic heterocycles. The fourth-order valence-electron chi connectivity index (χ4n) is 2.86. The molecule has 116 valence electrons. The van der Waals surface area contributed by atoms with E-state index in [1.807, 2.05) is 18.2 Å². The van der Waals surface area contributed by atoms with Gasteiger partial charge in [-0.25, -0.2) is 0 Å². The topological polar surface area (TPSA) is 79.9 Å². The molecule has 0 amide bonds. The van der Waals surface area contributed by atoms with Gasteiger partial charge in [-0.15, -0.1) is 0 Å². The quantitative estimate of drug-likeness (QED) is 0.256. The molecule has 0 heterocycles. The van der Waals surface area contributed by atoms with E-state index in [9.17, 15) is 0 Å². The first-order valence-electron chi connectivity index (χ1n) is 7.62. The van der Waals surface area contributed by atoms with Gasteiger partial charge in [0, 0.05) is 12.6 Å². The Morgan fingerprint density at radius 1 is 1.33 bits per heavy atom. The molecule has 5 heteroatoms. The van der Waals surface area contributed by atoms with Gasteiger partial charge in [0.1, 0.15) is 5.75 Å². The molecule has 1 aliphatic carbocycles. The summed E-state index contributed by atoms with van der Waals surface area (Å²) in [4.78, 5) is 0. The van der Waals surface area contributed by atoms with Crippen molar-refractivity contribution in [3.63, 3.8) is 0 Å². The number of amidine groups is 1. The Kier molecular flexibility index (Phi) is 5.87. The summed E-state index contributed by atoms with van der Waals surface area (Å²) >= 11 is 0. The highest BCUT2D eigenvalue weighted by molar-refractivity contribution is 5.99. The van der Waals surface area contributed by atoms with E-state index in [4.69, 9.17) is 15.7 Å². The van der Waals surface area contributed by atoms with Gasteiger partial charge in [-0.05, 0) is 30.5 Å². The van der Waals surface area contributed by atoms with Crippen LogP contribution in [0.4, 0.5) is 0 Å². The summed E-state index contributed by atoms with van der Waals surface area (Å²) in [6, 6.07) is 6.38. The molecular formula is C16H25N3O2. The predicted octanol–water partition coefficient (Wildman–Crippen LogP) is 2.60. The first-order valence-corrected chi connectivity index (χ1v) is 7.62. The van der Waals surface area contributed by atoms with Crippen LogP contribution in [0.2, 0.25) is 0 Å². The molecular weight excluding hydrogens is 266 g/mol. The van der Waals surface area contributed by atoms with Crippen molar-refractivity contribution in [3.8, 4) is 5.75 Å². The zero-order valence-electron chi connectivity index (χ0n) is 12.6. The molecule has 4 N–H and O–H groups in total. The van der Waals surface area contributed by atoms with Crippen LogP contribution in [0.1, 0.15) is 49.7 Å². The average Bonchev–Trinajstić information content (AvgIpc) is 2.80. The van der Waals surface area contributed by atoms with Crippen LogP contribution in [-0.2, 0) is 6.54 Å². The Morgan fingerprint density at radius 3 is 2.67 bits per heavy atom. The maximum absolute atomic E-state index is 8.86. The molecule has 21 heavy (non-hydrogen) atoms. The van der Waals surface area contributed by atoms with Crippen LogP contribution < -0.4 is 15.8 Å². The number of methoxy groups -OCH3 is 1. The number of nitrogens with one attached hydrogen (secondary N) is 1. The number of nitrogens with zero attached hydrogens (tertiary/aromatic N) is 1. The minimum absolute atomic E-state index is 0.0724. The van der Waals surface area contributed by atoms with Gasteiger partial charge in [-0.3, -0.25) is 0 Å². The van der Waals surface area contributed by atoms with E-state index in [1.54, 1.807) is 7.11 Å². The number of benzene rings is 1. The van der Waals surface area contributed by atoms with Crippen LogP contribution >= 0.6 is 0 Å². The number of ether oxygens (including phenoxy) is 1. The summed E-state index contributed by atoms with van der Waals surface area (Å²) in [6.07, 6.45) is 7.85. The summed E-state index contributed by atoms with van der Waals surface area (Å²) in [5.74, 6) is 0.687. The molecule has 1 saturated carbocycles. The van der Waals surface area contributed by atoms with Gasteiger partial charge < -0.3 is 21.0 Å². The Balaban J connectivity index is 2.02. The summed E-state index contributed by atoms with van der Waals surface area (Å²) in [5.41, 5.74) is 7.44. The van der Waals surface area contributed by atoms with Crippen molar-refractivity contribution < 1.29 is 9.94 Å². The van der Waals surface area contributed by atoms with Crippen molar-refractivity contribution in [2.75, 3.05) is 7.11 Å². The Morgan fingerprint density at radius 2 is 2.05 bits per heavy atom. The third-order valence-corrected chi connectivity index (χ3v) is 4.10. The molecule has 2 rings (SSSR count). The number of hydrogen-bond acceptors (Lipinski definition) is 4. The second-order valence-corrected chi connectivity index (χ2v) is 5.59.